The number of nitrogens with zero attached hydrogens (tertiary/aromatic N) is 1. The van der Waals surface area contributed by atoms with Gasteiger partial charge in [-0.15, -0.1) is 0 Å². The average molecular weight is 505 g/mol. The van der Waals surface area contributed by atoms with Gasteiger partial charge in [-0.3, -0.25) is 14.9 Å². The van der Waals surface area contributed by atoms with Gasteiger partial charge in [0.1, 0.15) is 36.1 Å². The van der Waals surface area contributed by atoms with E-state index in [4.69, 9.17) is 9.47 Å². The van der Waals surface area contributed by atoms with Crippen LogP contribution in [0.1, 0.15) is 26.9 Å². The Balaban J connectivity index is 1.61. The molecule has 0 aliphatic carbocycles. The third-order valence-electron chi connectivity index (χ3n) is 7.76. The Hall–Kier alpha value is -3.90. The lowest BCUT2D eigenvalue weighted by molar-refractivity contribution is -0.192. The highest BCUT2D eigenvalue weighted by Crippen LogP contribution is 2.47. The standard InChI is InChI=1S/C26H17F2N3O6/c27-8-1-3-12-10(5-8)15-17-18(25(35)30-24(17)34)16-11-6-9(28)2-4-13(11)31(20(16)19(15)29-12)26-22(33)23-21(32)14(37-26)7-36-23/h1-6,14,21-23,26,29,32-33H,7H2,(H,30,34,35)/t14?,21?,22?,23?,26-/m1/s1. The molecule has 2 saturated heterocycles. The van der Waals surface area contributed by atoms with Crippen LogP contribution in [0.2, 0.25) is 0 Å². The van der Waals surface area contributed by atoms with Gasteiger partial charge in [-0.2, -0.15) is 0 Å². The van der Waals surface area contributed by atoms with Gasteiger partial charge in [0.2, 0.25) is 0 Å². The largest absolute Gasteiger partial charge is 0.387 e. The third kappa shape index (κ3) is 2.54. The summed E-state index contributed by atoms with van der Waals surface area (Å²) in [6.07, 6.45) is -5.03. The maximum Gasteiger partial charge on any atom is 0.259 e. The molecule has 5 atom stereocenters. The topological polar surface area (TPSA) is 126 Å². The first-order chi connectivity index (χ1) is 17.8. The van der Waals surface area contributed by atoms with Crippen LogP contribution in [0, 0.1) is 11.6 Å². The lowest BCUT2D eigenvalue weighted by atomic mass is 9.96. The van der Waals surface area contributed by atoms with Crippen molar-refractivity contribution < 1.29 is 38.1 Å². The summed E-state index contributed by atoms with van der Waals surface area (Å²) < 4.78 is 42.2. The molecule has 0 spiro atoms. The van der Waals surface area contributed by atoms with Crippen molar-refractivity contribution in [3.8, 4) is 0 Å². The summed E-state index contributed by atoms with van der Waals surface area (Å²) in [6.45, 7) is 0.0819. The third-order valence-corrected chi connectivity index (χ3v) is 7.76. The Labute approximate surface area is 205 Å². The normalized spacial score (nSPS) is 27.2. The van der Waals surface area contributed by atoms with Gasteiger partial charge in [0.25, 0.3) is 11.8 Å². The Morgan fingerprint density at radius 2 is 1.62 bits per heavy atom. The summed E-state index contributed by atoms with van der Waals surface area (Å²) in [7, 11) is 0. The Bertz CT molecular complexity index is 1880. The highest BCUT2D eigenvalue weighted by molar-refractivity contribution is 6.39. The van der Waals surface area contributed by atoms with Crippen molar-refractivity contribution in [3.63, 3.8) is 0 Å². The number of fused-ring (bicyclic) bond motifs is 12. The molecule has 9 nitrogen and oxygen atoms in total. The molecule has 11 heteroatoms. The number of nitrogens with one attached hydrogen (secondary N) is 2. The number of hydrogen-bond donors (Lipinski definition) is 4. The van der Waals surface area contributed by atoms with Gasteiger partial charge in [0.15, 0.2) is 6.23 Å². The van der Waals surface area contributed by atoms with Crippen LogP contribution in [-0.4, -0.2) is 62.6 Å². The minimum absolute atomic E-state index is 0.0385. The number of aromatic nitrogens is 2. The Morgan fingerprint density at radius 3 is 2.41 bits per heavy atom. The van der Waals surface area contributed by atoms with E-state index >= 15 is 0 Å². The lowest BCUT2D eigenvalue weighted by Gasteiger charge is -2.36. The zero-order valence-corrected chi connectivity index (χ0v) is 18.8. The highest BCUT2D eigenvalue weighted by atomic mass is 19.1. The van der Waals surface area contributed by atoms with Crippen molar-refractivity contribution in [2.75, 3.05) is 6.61 Å². The average Bonchev–Trinajstić information content (AvgIpc) is 3.55. The van der Waals surface area contributed by atoms with E-state index in [0.717, 1.165) is 0 Å². The number of ether oxygens (including phenoxy) is 2. The first-order valence-corrected chi connectivity index (χ1v) is 11.7. The second kappa shape index (κ2) is 6.90. The molecule has 0 saturated carbocycles. The van der Waals surface area contributed by atoms with E-state index in [2.05, 4.69) is 10.3 Å². The van der Waals surface area contributed by atoms with Crippen LogP contribution >= 0.6 is 0 Å². The van der Waals surface area contributed by atoms with Crippen LogP contribution in [0.5, 0.6) is 0 Å². The molecule has 3 aliphatic heterocycles. The second-order valence-corrected chi connectivity index (χ2v) is 9.70. The summed E-state index contributed by atoms with van der Waals surface area (Å²) in [6, 6.07) is 8.09. The maximum absolute atomic E-state index is 14.6. The molecule has 4 N–H and O–H groups in total. The number of aliphatic hydroxyl groups excluding tert-OH is 2. The number of rotatable bonds is 1. The zero-order valence-electron chi connectivity index (χ0n) is 18.8. The van der Waals surface area contributed by atoms with E-state index < -0.39 is 54.1 Å². The Kier molecular flexibility index (Phi) is 3.95. The van der Waals surface area contributed by atoms with Crippen LogP contribution in [0.25, 0.3) is 43.6 Å². The summed E-state index contributed by atoms with van der Waals surface area (Å²) in [5, 5.41) is 25.3. The molecule has 0 radical (unpaired) electrons. The molecule has 8 rings (SSSR count). The minimum atomic E-state index is -1.31. The molecule has 3 aliphatic rings. The van der Waals surface area contributed by atoms with E-state index in [1.165, 1.54) is 36.4 Å². The summed E-state index contributed by atoms with van der Waals surface area (Å²) in [5.74, 6) is -2.39. The molecule has 3 aromatic carbocycles. The molecule has 2 bridgehead atoms. The first-order valence-electron chi connectivity index (χ1n) is 11.7. The zero-order chi connectivity index (χ0) is 25.3. The highest BCUT2D eigenvalue weighted by Gasteiger charge is 2.51. The number of benzene rings is 3. The molecular formula is C26H17F2N3O6. The van der Waals surface area contributed by atoms with Crippen LogP contribution in [0.3, 0.4) is 0 Å². The molecule has 37 heavy (non-hydrogen) atoms. The fourth-order valence-electron chi connectivity index (χ4n) is 6.25. The van der Waals surface area contributed by atoms with Crippen molar-refractivity contribution >= 4 is 55.4 Å². The number of hydrogen-bond acceptors (Lipinski definition) is 6. The minimum Gasteiger partial charge on any atom is -0.387 e. The summed E-state index contributed by atoms with van der Waals surface area (Å²) in [4.78, 5) is 29.4. The van der Waals surface area contributed by atoms with Gasteiger partial charge >= 0.3 is 0 Å². The molecule has 5 heterocycles. The van der Waals surface area contributed by atoms with Crippen molar-refractivity contribution in [2.45, 2.75) is 30.6 Å². The van der Waals surface area contributed by atoms with Crippen LogP contribution < -0.4 is 5.32 Å². The molecule has 5 aromatic rings. The molecular weight excluding hydrogens is 488 g/mol. The predicted octanol–water partition coefficient (Wildman–Crippen LogP) is 2.61. The number of H-pyrrole nitrogens is 1. The van der Waals surface area contributed by atoms with E-state index in [1.807, 2.05) is 0 Å². The number of carbonyl (C=O) groups excluding carboxylic acids is 2. The quantitative estimate of drug-likeness (QED) is 0.260. The SMILES string of the molecule is O=C1NC(=O)c2c1c1c3cc(F)ccc3[nH]c1c1c2c2cc(F)ccc2n1[C@@H]1OC2COC(C2O)C1O. The molecule has 2 aromatic heterocycles. The van der Waals surface area contributed by atoms with Crippen molar-refractivity contribution in [2.24, 2.45) is 0 Å². The fraction of sp³-hybridized carbons (Fsp3) is 0.231. The molecule has 2 fully saturated rings. The summed E-state index contributed by atoms with van der Waals surface area (Å²) >= 11 is 0. The van der Waals surface area contributed by atoms with Gasteiger partial charge in [-0.05, 0) is 36.4 Å². The van der Waals surface area contributed by atoms with Gasteiger partial charge in [0, 0.05) is 27.1 Å². The van der Waals surface area contributed by atoms with Gasteiger partial charge < -0.3 is 29.2 Å². The number of aromatic amines is 1. The first kappa shape index (κ1) is 21.2. The molecule has 2 amide bonds. The van der Waals surface area contributed by atoms with Crippen molar-refractivity contribution in [3.05, 3.63) is 59.2 Å². The fourth-order valence-corrected chi connectivity index (χ4v) is 6.25. The lowest BCUT2D eigenvalue weighted by Crippen LogP contribution is -2.50. The predicted molar refractivity (Wildman–Crippen MR) is 126 cm³/mol. The van der Waals surface area contributed by atoms with Crippen LogP contribution in [0.15, 0.2) is 36.4 Å². The second-order valence-electron chi connectivity index (χ2n) is 9.70. The van der Waals surface area contributed by atoms with Crippen molar-refractivity contribution in [1.29, 1.82) is 0 Å². The van der Waals surface area contributed by atoms with E-state index in [-0.39, 0.29) is 17.7 Å². The summed E-state index contributed by atoms with van der Waals surface area (Å²) in [5.41, 5.74) is 1.82. The van der Waals surface area contributed by atoms with E-state index in [1.54, 1.807) is 4.57 Å². The number of carbonyl (C=O) groups is 2. The smallest absolute Gasteiger partial charge is 0.259 e. The van der Waals surface area contributed by atoms with Gasteiger partial charge in [0.05, 0.1) is 34.3 Å². The van der Waals surface area contributed by atoms with Crippen LogP contribution in [0.4, 0.5) is 8.78 Å². The van der Waals surface area contributed by atoms with Crippen LogP contribution in [-0.2, 0) is 9.47 Å². The number of aliphatic hydroxyl groups is 2. The van der Waals surface area contributed by atoms with Gasteiger partial charge in [-0.1, -0.05) is 0 Å². The number of halogens is 2. The molecule has 186 valence electrons. The Morgan fingerprint density at radius 1 is 0.919 bits per heavy atom. The number of imide groups is 1. The maximum atomic E-state index is 14.6. The monoisotopic (exact) mass is 505 g/mol. The van der Waals surface area contributed by atoms with Crippen molar-refractivity contribution in [1.82, 2.24) is 14.9 Å². The number of amides is 2. The van der Waals surface area contributed by atoms with E-state index in [0.29, 0.717) is 43.6 Å². The van der Waals surface area contributed by atoms with Gasteiger partial charge in [-0.25, -0.2) is 8.78 Å². The molecule has 4 unspecified atom stereocenters. The van der Waals surface area contributed by atoms with E-state index in [9.17, 15) is 28.6 Å².